The molecule has 0 saturated heterocycles. The summed E-state index contributed by atoms with van der Waals surface area (Å²) < 4.78 is 51.8. The number of carbonyl (C=O) groups excluding carboxylic acids is 1. The number of halogens is 1. The Balaban J connectivity index is 1.55. The van der Waals surface area contributed by atoms with E-state index in [4.69, 9.17) is 9.47 Å². The van der Waals surface area contributed by atoms with Crippen molar-refractivity contribution in [1.82, 2.24) is 10.0 Å². The van der Waals surface area contributed by atoms with E-state index in [1.807, 2.05) is 6.92 Å². The summed E-state index contributed by atoms with van der Waals surface area (Å²) in [6.45, 7) is 1.86. The largest absolute Gasteiger partial charge is 0.493 e. The van der Waals surface area contributed by atoms with Crippen LogP contribution in [0.1, 0.15) is 44.2 Å². The Morgan fingerprint density at radius 2 is 1.62 bits per heavy atom. The lowest BCUT2D eigenvalue weighted by atomic mass is 9.85. The predicted molar refractivity (Wildman–Crippen MR) is 119 cm³/mol. The number of benzene rings is 2. The van der Waals surface area contributed by atoms with Gasteiger partial charge in [-0.1, -0.05) is 12.1 Å². The highest BCUT2D eigenvalue weighted by Crippen LogP contribution is 2.31. The fraction of sp³-hybridized carbons (Fsp3) is 0.435. The minimum atomic E-state index is -3.73. The molecule has 1 atom stereocenters. The molecule has 0 spiro atoms. The smallest absolute Gasteiger partial charge is 0.240 e. The molecule has 1 fully saturated rings. The van der Waals surface area contributed by atoms with Crippen molar-refractivity contribution >= 4 is 15.9 Å². The van der Waals surface area contributed by atoms with E-state index in [0.29, 0.717) is 37.2 Å². The van der Waals surface area contributed by atoms with E-state index in [9.17, 15) is 17.6 Å². The second-order valence-corrected chi connectivity index (χ2v) is 9.68. The van der Waals surface area contributed by atoms with E-state index in [0.717, 1.165) is 5.56 Å². The van der Waals surface area contributed by atoms with E-state index in [-0.39, 0.29) is 34.6 Å². The van der Waals surface area contributed by atoms with Crippen LogP contribution in [0.15, 0.2) is 47.4 Å². The van der Waals surface area contributed by atoms with Crippen molar-refractivity contribution in [3.63, 3.8) is 0 Å². The summed E-state index contributed by atoms with van der Waals surface area (Å²) in [6, 6.07) is 10.0. The van der Waals surface area contributed by atoms with Crippen LogP contribution in [0.5, 0.6) is 11.5 Å². The molecule has 0 unspecified atom stereocenters. The third kappa shape index (κ3) is 5.77. The molecule has 2 aromatic rings. The average Bonchev–Trinajstić information content (AvgIpc) is 2.79. The molecule has 7 nitrogen and oxygen atoms in total. The van der Waals surface area contributed by atoms with Gasteiger partial charge in [0.05, 0.1) is 25.2 Å². The predicted octanol–water partition coefficient (Wildman–Crippen LogP) is 3.56. The molecule has 9 heteroatoms. The number of sulfonamides is 1. The first-order valence-corrected chi connectivity index (χ1v) is 12.0. The molecule has 1 saturated carbocycles. The Kier molecular flexibility index (Phi) is 7.73. The zero-order chi connectivity index (χ0) is 23.3. The summed E-state index contributed by atoms with van der Waals surface area (Å²) in [5.74, 6) is 0.225. The van der Waals surface area contributed by atoms with E-state index in [2.05, 4.69) is 10.0 Å². The van der Waals surface area contributed by atoms with Crippen LogP contribution >= 0.6 is 0 Å². The molecule has 2 N–H and O–H groups in total. The molecule has 1 aliphatic rings. The zero-order valence-electron chi connectivity index (χ0n) is 18.4. The number of nitrogens with one attached hydrogen (secondary N) is 2. The third-order valence-electron chi connectivity index (χ3n) is 5.81. The summed E-state index contributed by atoms with van der Waals surface area (Å²) in [7, 11) is -0.796. The molecule has 1 aliphatic carbocycles. The molecule has 0 aliphatic heterocycles. The maximum absolute atomic E-state index is 13.1. The summed E-state index contributed by atoms with van der Waals surface area (Å²) in [6.07, 6.45) is 2.30. The highest BCUT2D eigenvalue weighted by molar-refractivity contribution is 7.89. The second-order valence-electron chi connectivity index (χ2n) is 7.97. The fourth-order valence-electron chi connectivity index (χ4n) is 3.91. The summed E-state index contributed by atoms with van der Waals surface area (Å²) in [4.78, 5) is 12.7. The highest BCUT2D eigenvalue weighted by atomic mass is 32.2. The molecule has 1 amide bonds. The van der Waals surface area contributed by atoms with Crippen molar-refractivity contribution in [2.45, 2.75) is 49.6 Å². The Labute approximate surface area is 188 Å². The Hall–Kier alpha value is -2.65. The molecule has 174 valence electrons. The van der Waals surface area contributed by atoms with Gasteiger partial charge in [0.25, 0.3) is 0 Å². The van der Waals surface area contributed by atoms with Gasteiger partial charge in [-0.25, -0.2) is 17.5 Å². The second kappa shape index (κ2) is 10.3. The summed E-state index contributed by atoms with van der Waals surface area (Å²) >= 11 is 0. The van der Waals surface area contributed by atoms with Crippen molar-refractivity contribution in [3.8, 4) is 11.5 Å². The van der Waals surface area contributed by atoms with Crippen LogP contribution in [0.4, 0.5) is 4.39 Å². The van der Waals surface area contributed by atoms with Gasteiger partial charge < -0.3 is 14.8 Å². The van der Waals surface area contributed by atoms with E-state index < -0.39 is 10.0 Å². The Morgan fingerprint density at radius 1 is 1.00 bits per heavy atom. The van der Waals surface area contributed by atoms with Gasteiger partial charge in [-0.05, 0) is 62.4 Å². The molecule has 0 heterocycles. The first-order valence-electron chi connectivity index (χ1n) is 10.5. The Bertz CT molecular complexity index is 1030. The zero-order valence-corrected chi connectivity index (χ0v) is 19.2. The SMILES string of the molecule is COc1ccc(S(=O)(=O)N[C@H]2CC[C@H](C(=O)N[C@H](C)c3ccc(F)cc3)CC2)cc1OC. The van der Waals surface area contributed by atoms with Gasteiger partial charge in [-0.3, -0.25) is 4.79 Å². The highest BCUT2D eigenvalue weighted by Gasteiger charge is 2.30. The molecule has 3 rings (SSSR count). The Morgan fingerprint density at radius 3 is 2.22 bits per heavy atom. The summed E-state index contributed by atoms with van der Waals surface area (Å²) in [5.41, 5.74) is 0.830. The first-order chi connectivity index (χ1) is 15.2. The minimum absolute atomic E-state index is 0.0666. The maximum Gasteiger partial charge on any atom is 0.240 e. The van der Waals surface area contributed by atoms with Gasteiger partial charge in [0.15, 0.2) is 11.5 Å². The van der Waals surface area contributed by atoms with Gasteiger partial charge in [-0.2, -0.15) is 0 Å². The standard InChI is InChI=1S/C23H29FN2O5S/c1-15(16-4-8-18(24)9-5-16)25-23(27)17-6-10-19(11-7-17)26-32(28,29)20-12-13-21(30-2)22(14-20)31-3/h4-5,8-9,12-15,17,19,26H,6-7,10-11H2,1-3H3,(H,25,27)/t15-,17-,19-/m1/s1. The van der Waals surface area contributed by atoms with E-state index in [1.165, 1.54) is 38.5 Å². The first kappa shape index (κ1) is 24.0. The van der Waals surface area contributed by atoms with Crippen molar-refractivity contribution in [2.24, 2.45) is 5.92 Å². The normalized spacial score (nSPS) is 19.8. The maximum atomic E-state index is 13.1. The molecular weight excluding hydrogens is 435 g/mol. The lowest BCUT2D eigenvalue weighted by molar-refractivity contribution is -0.126. The minimum Gasteiger partial charge on any atom is -0.493 e. The van der Waals surface area contributed by atoms with Crippen LogP contribution in [0.25, 0.3) is 0 Å². The molecular formula is C23H29FN2O5S. The number of hydrogen-bond donors (Lipinski definition) is 2. The lowest BCUT2D eigenvalue weighted by Gasteiger charge is -2.29. The van der Waals surface area contributed by atoms with Crippen LogP contribution < -0.4 is 19.5 Å². The topological polar surface area (TPSA) is 93.7 Å². The van der Waals surface area contributed by atoms with Crippen LogP contribution in [0.2, 0.25) is 0 Å². The van der Waals surface area contributed by atoms with Crippen LogP contribution in [-0.2, 0) is 14.8 Å². The van der Waals surface area contributed by atoms with Crippen molar-refractivity contribution < 1.29 is 27.1 Å². The van der Waals surface area contributed by atoms with Crippen molar-refractivity contribution in [2.75, 3.05) is 14.2 Å². The quantitative estimate of drug-likeness (QED) is 0.623. The van der Waals surface area contributed by atoms with Crippen molar-refractivity contribution in [1.29, 1.82) is 0 Å². The van der Waals surface area contributed by atoms with Crippen LogP contribution in [0.3, 0.4) is 0 Å². The van der Waals surface area contributed by atoms with Gasteiger partial charge in [0, 0.05) is 18.0 Å². The fourth-order valence-corrected chi connectivity index (χ4v) is 5.23. The number of amides is 1. The summed E-state index contributed by atoms with van der Waals surface area (Å²) in [5, 5.41) is 2.97. The van der Waals surface area contributed by atoms with E-state index in [1.54, 1.807) is 18.2 Å². The molecule has 0 radical (unpaired) electrons. The monoisotopic (exact) mass is 464 g/mol. The average molecular weight is 465 g/mol. The van der Waals surface area contributed by atoms with E-state index >= 15 is 0 Å². The van der Waals surface area contributed by atoms with Crippen LogP contribution in [0, 0.1) is 11.7 Å². The van der Waals surface area contributed by atoms with Crippen LogP contribution in [-0.4, -0.2) is 34.6 Å². The van der Waals surface area contributed by atoms with Gasteiger partial charge >= 0.3 is 0 Å². The van der Waals surface area contributed by atoms with Crippen molar-refractivity contribution in [3.05, 3.63) is 53.8 Å². The number of rotatable bonds is 8. The third-order valence-corrected chi connectivity index (χ3v) is 7.33. The lowest BCUT2D eigenvalue weighted by Crippen LogP contribution is -2.41. The molecule has 0 bridgehead atoms. The number of methoxy groups -OCH3 is 2. The van der Waals surface area contributed by atoms with Gasteiger partial charge in [0.2, 0.25) is 15.9 Å². The molecule has 2 aromatic carbocycles. The number of carbonyl (C=O) groups is 1. The van der Waals surface area contributed by atoms with Gasteiger partial charge in [-0.15, -0.1) is 0 Å². The number of ether oxygens (including phenoxy) is 2. The van der Waals surface area contributed by atoms with Gasteiger partial charge in [0.1, 0.15) is 5.82 Å². The molecule has 0 aromatic heterocycles. The molecule has 32 heavy (non-hydrogen) atoms. The number of hydrogen-bond acceptors (Lipinski definition) is 5.